The van der Waals surface area contributed by atoms with E-state index in [-0.39, 0.29) is 11.2 Å². The predicted octanol–water partition coefficient (Wildman–Crippen LogP) is 5.97. The van der Waals surface area contributed by atoms with Crippen molar-refractivity contribution in [1.29, 1.82) is 0 Å². The van der Waals surface area contributed by atoms with Crippen molar-refractivity contribution < 1.29 is 9.21 Å². The molecule has 1 amide bonds. The summed E-state index contributed by atoms with van der Waals surface area (Å²) >= 11 is 9.44. The largest absolute Gasteiger partial charge is 0.450 e. The smallest absolute Gasteiger partial charge is 0.296 e. The van der Waals surface area contributed by atoms with Crippen molar-refractivity contribution in [3.8, 4) is 0 Å². The van der Waals surface area contributed by atoms with E-state index >= 15 is 0 Å². The van der Waals surface area contributed by atoms with E-state index in [1.54, 1.807) is 18.2 Å². The number of carbonyl (C=O) groups is 1. The first-order valence-electron chi connectivity index (χ1n) is 9.63. The predicted molar refractivity (Wildman–Crippen MR) is 124 cm³/mol. The molecule has 0 bridgehead atoms. The lowest BCUT2D eigenvalue weighted by atomic mass is 9.97. The molecule has 0 spiro atoms. The zero-order valence-electron chi connectivity index (χ0n) is 16.6. The number of hydrogen-bond donors (Lipinski definition) is 0. The average molecular weight is 496 g/mol. The third-order valence-electron chi connectivity index (χ3n) is 5.63. The number of anilines is 1. The molecule has 0 saturated carbocycles. The number of pyridine rings is 1. The first-order valence-corrected chi connectivity index (χ1v) is 10.8. The van der Waals surface area contributed by atoms with Gasteiger partial charge in [0.15, 0.2) is 5.43 Å². The molecule has 1 unspecified atom stereocenters. The summed E-state index contributed by atoms with van der Waals surface area (Å²) in [6.45, 7) is 3.89. The van der Waals surface area contributed by atoms with E-state index in [9.17, 15) is 9.59 Å². The average Bonchev–Trinajstić information content (AvgIpc) is 3.04. The Hall–Kier alpha value is -2.96. The van der Waals surface area contributed by atoms with Crippen molar-refractivity contribution in [3.63, 3.8) is 0 Å². The molecule has 0 fully saturated rings. The molecule has 0 radical (unpaired) electrons. The van der Waals surface area contributed by atoms with Gasteiger partial charge in [-0.3, -0.25) is 14.5 Å². The van der Waals surface area contributed by atoms with E-state index in [1.165, 1.54) is 11.1 Å². The Morgan fingerprint density at radius 1 is 1.03 bits per heavy atom. The standard InChI is InChI=1S/C24H16BrClN2O3/c1-12-9-17-18(10-13(12)2)31-23-20(22(17)29)21(14-3-5-15(25)6-4-14)28(24(23)30)19-8-7-16(26)11-27-19/h3-11,21H,1-2H3. The summed E-state index contributed by atoms with van der Waals surface area (Å²) in [5.41, 5.74) is 3.27. The molecule has 0 saturated heterocycles. The van der Waals surface area contributed by atoms with Crippen LogP contribution in [0.25, 0.3) is 11.0 Å². The minimum absolute atomic E-state index is 0.0467. The highest BCUT2D eigenvalue weighted by Gasteiger charge is 2.44. The van der Waals surface area contributed by atoms with Crippen LogP contribution in [0.3, 0.4) is 0 Å². The Morgan fingerprint density at radius 3 is 2.42 bits per heavy atom. The van der Waals surface area contributed by atoms with Gasteiger partial charge < -0.3 is 4.42 Å². The highest BCUT2D eigenvalue weighted by atomic mass is 79.9. The van der Waals surface area contributed by atoms with E-state index in [2.05, 4.69) is 20.9 Å². The Morgan fingerprint density at radius 2 is 1.74 bits per heavy atom. The summed E-state index contributed by atoms with van der Waals surface area (Å²) in [6.07, 6.45) is 1.48. The second-order valence-corrected chi connectivity index (χ2v) is 8.92. The minimum Gasteiger partial charge on any atom is -0.450 e. The van der Waals surface area contributed by atoms with Crippen LogP contribution in [0.15, 0.2) is 68.4 Å². The van der Waals surface area contributed by atoms with Crippen molar-refractivity contribution in [1.82, 2.24) is 4.98 Å². The summed E-state index contributed by atoms with van der Waals surface area (Å²) in [6, 6.07) is 13.8. The molecular formula is C24H16BrClN2O3. The highest BCUT2D eigenvalue weighted by Crippen LogP contribution is 2.41. The Kier molecular flexibility index (Phi) is 4.72. The van der Waals surface area contributed by atoms with Gasteiger partial charge in [-0.1, -0.05) is 39.7 Å². The molecule has 5 rings (SSSR count). The molecule has 31 heavy (non-hydrogen) atoms. The minimum atomic E-state index is -0.661. The number of aromatic nitrogens is 1. The van der Waals surface area contributed by atoms with Gasteiger partial charge in [0.05, 0.1) is 22.0 Å². The summed E-state index contributed by atoms with van der Waals surface area (Å²) in [7, 11) is 0. The first kappa shape index (κ1) is 20.0. The number of halogens is 2. The van der Waals surface area contributed by atoms with Crippen molar-refractivity contribution >= 4 is 50.2 Å². The molecular weight excluding hydrogens is 480 g/mol. The van der Waals surface area contributed by atoms with Crippen molar-refractivity contribution in [2.45, 2.75) is 19.9 Å². The zero-order valence-corrected chi connectivity index (χ0v) is 19.0. The molecule has 5 nitrogen and oxygen atoms in total. The van der Waals surface area contributed by atoms with Gasteiger partial charge in [0.2, 0.25) is 5.76 Å². The van der Waals surface area contributed by atoms with Gasteiger partial charge in [0.1, 0.15) is 11.4 Å². The number of benzene rings is 2. The lowest BCUT2D eigenvalue weighted by Gasteiger charge is -2.24. The Balaban J connectivity index is 1.82. The molecule has 0 N–H and O–H groups in total. The van der Waals surface area contributed by atoms with Gasteiger partial charge in [-0.2, -0.15) is 0 Å². The fraction of sp³-hybridized carbons (Fsp3) is 0.125. The molecule has 1 atom stereocenters. The molecule has 1 aliphatic rings. The number of carbonyl (C=O) groups excluding carboxylic acids is 1. The monoisotopic (exact) mass is 494 g/mol. The second kappa shape index (κ2) is 7.32. The normalized spacial score (nSPS) is 15.5. The van der Waals surface area contributed by atoms with Crippen LogP contribution in [0.2, 0.25) is 5.02 Å². The molecule has 0 aliphatic carbocycles. The summed E-state index contributed by atoms with van der Waals surface area (Å²) in [5.74, 6) is 0.0323. The van der Waals surface area contributed by atoms with Gasteiger partial charge in [-0.05, 0) is 66.9 Å². The summed E-state index contributed by atoms with van der Waals surface area (Å²) in [4.78, 5) is 32.9. The summed E-state index contributed by atoms with van der Waals surface area (Å²) < 4.78 is 6.93. The van der Waals surface area contributed by atoms with Crippen LogP contribution in [0.1, 0.15) is 38.9 Å². The molecule has 7 heteroatoms. The lowest BCUT2D eigenvalue weighted by molar-refractivity contribution is 0.0970. The van der Waals surface area contributed by atoms with Crippen LogP contribution in [-0.4, -0.2) is 10.9 Å². The Bertz CT molecular complexity index is 1410. The van der Waals surface area contributed by atoms with Crippen molar-refractivity contribution in [2.75, 3.05) is 4.90 Å². The quantitative estimate of drug-likeness (QED) is 0.344. The van der Waals surface area contributed by atoms with E-state index in [1.807, 2.05) is 44.2 Å². The number of nitrogens with zero attached hydrogens (tertiary/aromatic N) is 2. The maximum Gasteiger partial charge on any atom is 0.296 e. The van der Waals surface area contributed by atoms with Crippen LogP contribution in [0.5, 0.6) is 0 Å². The van der Waals surface area contributed by atoms with E-state index < -0.39 is 11.9 Å². The number of aryl methyl sites for hydroxylation is 2. The molecule has 1 aliphatic heterocycles. The number of fused-ring (bicyclic) bond motifs is 2. The van der Waals surface area contributed by atoms with Crippen molar-refractivity contribution in [3.05, 3.63) is 102 Å². The van der Waals surface area contributed by atoms with Gasteiger partial charge >= 0.3 is 0 Å². The fourth-order valence-electron chi connectivity index (χ4n) is 3.94. The third kappa shape index (κ3) is 3.18. The van der Waals surface area contributed by atoms with Gasteiger partial charge in [-0.15, -0.1) is 0 Å². The number of amides is 1. The second-order valence-electron chi connectivity index (χ2n) is 7.57. The summed E-state index contributed by atoms with van der Waals surface area (Å²) in [5, 5.41) is 0.918. The van der Waals surface area contributed by atoms with Gasteiger partial charge in [-0.25, -0.2) is 4.98 Å². The van der Waals surface area contributed by atoms with Crippen LogP contribution in [0.4, 0.5) is 5.82 Å². The van der Waals surface area contributed by atoms with Crippen molar-refractivity contribution in [2.24, 2.45) is 0 Å². The van der Waals surface area contributed by atoms with E-state index in [0.717, 1.165) is 21.2 Å². The number of rotatable bonds is 2. The van der Waals surface area contributed by atoms with Gasteiger partial charge in [0.25, 0.3) is 5.91 Å². The molecule has 2 aromatic heterocycles. The first-order chi connectivity index (χ1) is 14.8. The Labute approximate surface area is 191 Å². The van der Waals surface area contributed by atoms with Crippen LogP contribution < -0.4 is 10.3 Å². The van der Waals surface area contributed by atoms with Crippen LogP contribution in [-0.2, 0) is 0 Å². The van der Waals surface area contributed by atoms with Crippen LogP contribution in [0, 0.1) is 13.8 Å². The van der Waals surface area contributed by atoms with Gasteiger partial charge in [0, 0.05) is 10.7 Å². The van der Waals surface area contributed by atoms with E-state index in [0.29, 0.717) is 27.4 Å². The van der Waals surface area contributed by atoms with Crippen LogP contribution >= 0.6 is 27.5 Å². The molecule has 154 valence electrons. The van der Waals surface area contributed by atoms with E-state index in [4.69, 9.17) is 16.0 Å². The topological polar surface area (TPSA) is 63.4 Å². The maximum absolute atomic E-state index is 13.6. The molecule has 4 aromatic rings. The SMILES string of the molecule is Cc1cc2oc3c(c(=O)c2cc1C)C(c1ccc(Br)cc1)N(c1ccc(Cl)cn1)C3=O. The number of hydrogen-bond acceptors (Lipinski definition) is 4. The molecule has 3 heterocycles. The zero-order chi connectivity index (χ0) is 21.9. The molecule has 2 aromatic carbocycles. The third-order valence-corrected chi connectivity index (χ3v) is 6.38. The highest BCUT2D eigenvalue weighted by molar-refractivity contribution is 9.10. The fourth-order valence-corrected chi connectivity index (χ4v) is 4.31. The lowest BCUT2D eigenvalue weighted by Crippen LogP contribution is -2.30. The maximum atomic E-state index is 13.6.